The van der Waals surface area contributed by atoms with Crippen molar-refractivity contribution in [3.8, 4) is 23.0 Å². The molecule has 2 aliphatic heterocycles. The van der Waals surface area contributed by atoms with Crippen LogP contribution in [0.1, 0.15) is 79.7 Å². The maximum Gasteiger partial charge on any atom is 0.340 e. The molecule has 4 aromatic rings. The van der Waals surface area contributed by atoms with E-state index in [1.807, 2.05) is 0 Å². The molecular formula is C50H48N2O23. The molecule has 0 fully saturated rings. The first-order valence-corrected chi connectivity index (χ1v) is 22.4. The standard InChI is InChI=1S/C50H48N2O23/c1-27(53)64-23-68-43(59)19-51(20-44(60)69-24-65-28(2)54)17-36-33-11-13-39-47(34(33)12-15-41(36)72-31(5)57)74-48-37(18-52(21-45(61)70-25-66-29(3)55)22-46(62)71-26-67-30(4)56)42(73-32(6)58)16-14-40(48)50(39)38-10-8-7-9-35(38)49(63)75-50/h7-16H,17-26H2,1-6H3. The zero-order chi connectivity index (χ0) is 54.6. The highest BCUT2D eigenvalue weighted by Crippen LogP contribution is 2.59. The Labute approximate surface area is 425 Å². The predicted octanol–water partition coefficient (Wildman–Crippen LogP) is 3.12. The molecule has 1 atom stereocenters. The van der Waals surface area contributed by atoms with Gasteiger partial charge in [0.25, 0.3) is 0 Å². The minimum absolute atomic E-state index is 0.00242. The predicted molar refractivity (Wildman–Crippen MR) is 246 cm³/mol. The first-order chi connectivity index (χ1) is 35.7. The summed E-state index contributed by atoms with van der Waals surface area (Å²) in [7, 11) is 0. The van der Waals surface area contributed by atoms with E-state index in [1.165, 1.54) is 34.1 Å². The summed E-state index contributed by atoms with van der Waals surface area (Å²) in [5.74, 6) is -9.60. The summed E-state index contributed by atoms with van der Waals surface area (Å²) in [6, 6.07) is 15.5. The summed E-state index contributed by atoms with van der Waals surface area (Å²) in [5.41, 5.74) is -0.755. The van der Waals surface area contributed by atoms with Gasteiger partial charge in [-0.2, -0.15) is 0 Å². The molecular weight excluding hydrogens is 997 g/mol. The molecule has 0 N–H and O–H groups in total. The molecule has 4 aromatic carbocycles. The topological polar surface area (TPSA) is 305 Å². The fourth-order valence-electron chi connectivity index (χ4n) is 7.90. The van der Waals surface area contributed by atoms with E-state index < -0.39 is 131 Å². The molecule has 6 rings (SSSR count). The van der Waals surface area contributed by atoms with Gasteiger partial charge in [-0.15, -0.1) is 0 Å². The number of benzene rings is 4. The quantitative estimate of drug-likeness (QED) is 0.0472. The zero-order valence-electron chi connectivity index (χ0n) is 41.1. The van der Waals surface area contributed by atoms with Crippen LogP contribution in [0.2, 0.25) is 0 Å². The molecule has 75 heavy (non-hydrogen) atoms. The van der Waals surface area contributed by atoms with Crippen LogP contribution in [0, 0.1) is 0 Å². The third-order valence-electron chi connectivity index (χ3n) is 10.8. The minimum Gasteiger partial charge on any atom is -0.455 e. The molecule has 2 aliphatic rings. The summed E-state index contributed by atoms with van der Waals surface area (Å²) in [4.78, 5) is 140. The fraction of sp³-hybridized carbons (Fsp3) is 0.340. The van der Waals surface area contributed by atoms with Crippen LogP contribution in [0.3, 0.4) is 0 Å². The van der Waals surface area contributed by atoms with Gasteiger partial charge in [-0.1, -0.05) is 24.3 Å². The van der Waals surface area contributed by atoms with Crippen molar-refractivity contribution >= 4 is 76.4 Å². The van der Waals surface area contributed by atoms with Crippen molar-refractivity contribution < 1.29 is 110 Å². The molecule has 0 amide bonds. The Kier molecular flexibility index (Phi) is 18.2. The highest BCUT2D eigenvalue weighted by molar-refractivity contribution is 6.00. The summed E-state index contributed by atoms with van der Waals surface area (Å²) in [5, 5.41) is 0.503. The molecule has 0 saturated heterocycles. The zero-order valence-corrected chi connectivity index (χ0v) is 41.1. The van der Waals surface area contributed by atoms with Gasteiger partial charge in [-0.05, 0) is 41.8 Å². The first-order valence-electron chi connectivity index (χ1n) is 22.4. The monoisotopic (exact) mass is 1040 g/mol. The van der Waals surface area contributed by atoms with Crippen LogP contribution in [0.25, 0.3) is 10.8 Å². The van der Waals surface area contributed by atoms with Crippen molar-refractivity contribution in [2.75, 3.05) is 53.4 Å². The SMILES string of the molecule is CC(=O)OCOC(=O)CN(CC(=O)OCOC(C)=O)Cc1c(OC(C)=O)ccc2c1Oc1c(ccc3c(CN(CC(=O)OCOC(C)=O)CC(=O)OCOC(C)=O)c(OC(C)=O)ccc13)C21OC(=O)c2ccccc21. The molecule has 25 heteroatoms. The Hall–Kier alpha value is -8.97. The van der Waals surface area contributed by atoms with E-state index in [0.29, 0.717) is 5.56 Å². The van der Waals surface area contributed by atoms with E-state index >= 15 is 0 Å². The maximum absolute atomic E-state index is 14.0. The number of carbonyl (C=O) groups excluding carboxylic acids is 11. The third kappa shape index (κ3) is 14.0. The van der Waals surface area contributed by atoms with Gasteiger partial charge in [0.15, 0.2) is 5.60 Å². The van der Waals surface area contributed by atoms with E-state index in [0.717, 1.165) is 41.5 Å². The summed E-state index contributed by atoms with van der Waals surface area (Å²) in [6.45, 7) is -0.0756. The van der Waals surface area contributed by atoms with Crippen LogP contribution in [-0.4, -0.2) is 129 Å². The number of esters is 11. The van der Waals surface area contributed by atoms with Crippen molar-refractivity contribution in [2.24, 2.45) is 0 Å². The number of hydrogen-bond donors (Lipinski definition) is 0. The number of ether oxygens (including phenoxy) is 12. The van der Waals surface area contributed by atoms with Crippen LogP contribution in [0.15, 0.2) is 60.7 Å². The van der Waals surface area contributed by atoms with E-state index in [2.05, 4.69) is 0 Å². The molecule has 0 bridgehead atoms. The number of fused-ring (bicyclic) bond motifs is 8. The van der Waals surface area contributed by atoms with Crippen molar-refractivity contribution in [2.45, 2.75) is 60.2 Å². The van der Waals surface area contributed by atoms with Gasteiger partial charge in [0.05, 0.1) is 37.3 Å². The van der Waals surface area contributed by atoms with Gasteiger partial charge in [0.1, 0.15) is 23.0 Å². The second-order valence-corrected chi connectivity index (χ2v) is 16.3. The lowest BCUT2D eigenvalue weighted by Gasteiger charge is -2.38. The lowest BCUT2D eigenvalue weighted by molar-refractivity contribution is -0.171. The Morgan fingerprint density at radius 1 is 0.440 bits per heavy atom. The highest BCUT2D eigenvalue weighted by atomic mass is 16.7. The molecule has 0 saturated carbocycles. The molecule has 1 spiro atoms. The van der Waals surface area contributed by atoms with E-state index in [-0.39, 0.29) is 68.1 Å². The Balaban J connectivity index is 1.55. The fourth-order valence-corrected chi connectivity index (χ4v) is 7.90. The average molecular weight is 1040 g/mol. The third-order valence-corrected chi connectivity index (χ3v) is 10.8. The van der Waals surface area contributed by atoms with E-state index in [4.69, 9.17) is 56.8 Å². The van der Waals surface area contributed by atoms with Crippen LogP contribution >= 0.6 is 0 Å². The Morgan fingerprint density at radius 3 is 1.31 bits per heavy atom. The number of nitrogens with zero attached hydrogens (tertiary/aromatic N) is 2. The Morgan fingerprint density at radius 2 is 0.840 bits per heavy atom. The molecule has 1 unspecified atom stereocenters. The summed E-state index contributed by atoms with van der Waals surface area (Å²) < 4.78 is 63.9. The highest BCUT2D eigenvalue weighted by Gasteiger charge is 2.54. The van der Waals surface area contributed by atoms with E-state index in [9.17, 15) is 52.7 Å². The van der Waals surface area contributed by atoms with Crippen LogP contribution < -0.4 is 14.2 Å². The molecule has 0 aromatic heterocycles. The average Bonchev–Trinajstić information content (AvgIpc) is 3.61. The van der Waals surface area contributed by atoms with E-state index in [1.54, 1.807) is 36.4 Å². The van der Waals surface area contributed by atoms with Gasteiger partial charge in [-0.3, -0.25) is 57.7 Å². The Bertz CT molecular complexity index is 2900. The lowest BCUT2D eigenvalue weighted by atomic mass is 9.76. The van der Waals surface area contributed by atoms with Crippen molar-refractivity contribution in [3.05, 3.63) is 94.0 Å². The van der Waals surface area contributed by atoms with Crippen molar-refractivity contribution in [1.82, 2.24) is 9.80 Å². The smallest absolute Gasteiger partial charge is 0.340 e. The first kappa shape index (κ1) is 55.3. The second kappa shape index (κ2) is 24.6. The molecule has 0 radical (unpaired) electrons. The minimum atomic E-state index is -1.84. The van der Waals surface area contributed by atoms with Crippen molar-refractivity contribution in [1.29, 1.82) is 0 Å². The van der Waals surface area contributed by atoms with Gasteiger partial charge < -0.3 is 56.8 Å². The normalized spacial score (nSPS) is 13.7. The van der Waals surface area contributed by atoms with Crippen LogP contribution in [0.5, 0.6) is 23.0 Å². The van der Waals surface area contributed by atoms with Gasteiger partial charge >= 0.3 is 65.7 Å². The number of hydrogen-bond acceptors (Lipinski definition) is 25. The molecule has 25 nitrogen and oxygen atoms in total. The largest absolute Gasteiger partial charge is 0.455 e. The summed E-state index contributed by atoms with van der Waals surface area (Å²) in [6.07, 6.45) is 0. The van der Waals surface area contributed by atoms with Gasteiger partial charge in [0.2, 0.25) is 27.2 Å². The lowest BCUT2D eigenvalue weighted by Crippen LogP contribution is -2.37. The molecule has 396 valence electrons. The van der Waals surface area contributed by atoms with Crippen molar-refractivity contribution in [3.63, 3.8) is 0 Å². The van der Waals surface area contributed by atoms with Gasteiger partial charge in [-0.25, -0.2) is 4.79 Å². The maximum atomic E-state index is 14.0. The van der Waals surface area contributed by atoms with Crippen LogP contribution in [-0.2, 0) is 109 Å². The second-order valence-electron chi connectivity index (χ2n) is 16.3. The molecule has 0 aliphatic carbocycles. The summed E-state index contributed by atoms with van der Waals surface area (Å²) >= 11 is 0. The van der Waals surface area contributed by atoms with Gasteiger partial charge in [0, 0.05) is 82.3 Å². The molecule has 2 heterocycles. The number of carbonyl (C=O) groups is 11. The number of rotatable bonds is 22. The van der Waals surface area contributed by atoms with Crippen LogP contribution in [0.4, 0.5) is 0 Å².